The molecule has 0 aliphatic rings. The SMILES string of the molecule is CC(C)(C)C(=O)Nc1ccc(NC(=O)NS(=O)(=O)c2ccccc2)cc1. The summed E-state index contributed by atoms with van der Waals surface area (Å²) in [7, 11) is -3.94. The molecule has 0 bridgehead atoms. The Hall–Kier alpha value is -2.87. The lowest BCUT2D eigenvalue weighted by molar-refractivity contribution is -0.123. The summed E-state index contributed by atoms with van der Waals surface area (Å²) in [4.78, 5) is 23.9. The van der Waals surface area contributed by atoms with Crippen LogP contribution in [0, 0.1) is 5.41 Å². The Bertz CT molecular complexity index is 886. The Morgan fingerprint density at radius 2 is 1.31 bits per heavy atom. The number of sulfonamides is 1. The molecule has 0 radical (unpaired) electrons. The number of carbonyl (C=O) groups excluding carboxylic acids is 2. The van der Waals surface area contributed by atoms with E-state index in [2.05, 4.69) is 10.6 Å². The van der Waals surface area contributed by atoms with Gasteiger partial charge in [-0.2, -0.15) is 0 Å². The second kappa shape index (κ2) is 7.57. The summed E-state index contributed by atoms with van der Waals surface area (Å²) in [6, 6.07) is 13.1. The molecule has 0 unspecified atom stereocenters. The average molecular weight is 375 g/mol. The molecule has 0 aromatic heterocycles. The maximum absolute atomic E-state index is 12.1. The van der Waals surface area contributed by atoms with E-state index >= 15 is 0 Å². The van der Waals surface area contributed by atoms with Crippen LogP contribution in [0.4, 0.5) is 16.2 Å². The van der Waals surface area contributed by atoms with Crippen LogP contribution in [0.5, 0.6) is 0 Å². The molecule has 2 aromatic carbocycles. The van der Waals surface area contributed by atoms with E-state index in [4.69, 9.17) is 0 Å². The molecule has 0 saturated carbocycles. The van der Waals surface area contributed by atoms with Crippen LogP contribution in [0.1, 0.15) is 20.8 Å². The van der Waals surface area contributed by atoms with Crippen molar-refractivity contribution in [2.45, 2.75) is 25.7 Å². The zero-order valence-corrected chi connectivity index (χ0v) is 15.6. The molecule has 3 amide bonds. The standard InChI is InChI=1S/C18H21N3O4S/c1-18(2,3)16(22)19-13-9-11-14(12-10-13)20-17(23)21-26(24,25)15-7-5-4-6-8-15/h4-12H,1-3H3,(H,19,22)(H2,20,21,23). The molecule has 0 fully saturated rings. The Labute approximate surface area is 152 Å². The monoisotopic (exact) mass is 375 g/mol. The predicted octanol–water partition coefficient (Wildman–Crippen LogP) is 3.18. The van der Waals surface area contributed by atoms with Gasteiger partial charge >= 0.3 is 6.03 Å². The maximum Gasteiger partial charge on any atom is 0.333 e. The van der Waals surface area contributed by atoms with Gasteiger partial charge in [-0.1, -0.05) is 39.0 Å². The molecule has 8 heteroatoms. The maximum atomic E-state index is 12.1. The molecule has 26 heavy (non-hydrogen) atoms. The molecule has 7 nitrogen and oxygen atoms in total. The number of benzene rings is 2. The fourth-order valence-corrected chi connectivity index (χ4v) is 2.82. The highest BCUT2D eigenvalue weighted by molar-refractivity contribution is 7.90. The number of amides is 3. The molecule has 0 saturated heterocycles. The molecule has 0 atom stereocenters. The Morgan fingerprint density at radius 3 is 1.81 bits per heavy atom. The average Bonchev–Trinajstić information content (AvgIpc) is 2.56. The highest BCUT2D eigenvalue weighted by Gasteiger charge is 2.21. The van der Waals surface area contributed by atoms with Crippen molar-refractivity contribution in [3.63, 3.8) is 0 Å². The largest absolute Gasteiger partial charge is 0.333 e. The molecule has 0 aliphatic heterocycles. The number of nitrogens with one attached hydrogen (secondary N) is 3. The van der Waals surface area contributed by atoms with E-state index in [-0.39, 0.29) is 10.8 Å². The predicted molar refractivity (Wildman–Crippen MR) is 100 cm³/mol. The second-order valence-corrected chi connectivity index (χ2v) is 8.34. The van der Waals surface area contributed by atoms with Gasteiger partial charge in [0, 0.05) is 16.8 Å². The number of hydrogen-bond donors (Lipinski definition) is 3. The van der Waals surface area contributed by atoms with Crippen LogP contribution in [-0.2, 0) is 14.8 Å². The third-order valence-corrected chi connectivity index (χ3v) is 4.71. The minimum atomic E-state index is -3.94. The lowest BCUT2D eigenvalue weighted by Crippen LogP contribution is -2.34. The van der Waals surface area contributed by atoms with Gasteiger partial charge in [-0.05, 0) is 36.4 Å². The van der Waals surface area contributed by atoms with Crippen molar-refractivity contribution < 1.29 is 18.0 Å². The van der Waals surface area contributed by atoms with Gasteiger partial charge < -0.3 is 10.6 Å². The van der Waals surface area contributed by atoms with Crippen LogP contribution in [0.25, 0.3) is 0 Å². The smallest absolute Gasteiger partial charge is 0.326 e. The molecular formula is C18H21N3O4S. The molecule has 0 spiro atoms. The summed E-state index contributed by atoms with van der Waals surface area (Å²) >= 11 is 0. The third-order valence-electron chi connectivity index (χ3n) is 3.36. The first-order chi connectivity index (χ1) is 12.1. The highest BCUT2D eigenvalue weighted by Crippen LogP contribution is 2.19. The lowest BCUT2D eigenvalue weighted by Gasteiger charge is -2.17. The quantitative estimate of drug-likeness (QED) is 0.763. The third kappa shape index (κ3) is 5.32. The van der Waals surface area contributed by atoms with Gasteiger partial charge in [0.1, 0.15) is 0 Å². The Kier molecular flexibility index (Phi) is 5.66. The number of rotatable bonds is 4. The van der Waals surface area contributed by atoms with Crippen molar-refractivity contribution in [3.8, 4) is 0 Å². The van der Waals surface area contributed by atoms with Crippen molar-refractivity contribution in [1.82, 2.24) is 4.72 Å². The molecule has 0 aliphatic carbocycles. The Morgan fingerprint density at radius 1 is 0.808 bits per heavy atom. The van der Waals surface area contributed by atoms with E-state index in [1.165, 1.54) is 12.1 Å². The number of urea groups is 1. The molecule has 138 valence electrons. The van der Waals surface area contributed by atoms with E-state index in [0.29, 0.717) is 11.4 Å². The minimum absolute atomic E-state index is 0.00427. The van der Waals surface area contributed by atoms with Crippen molar-refractivity contribution in [2.75, 3.05) is 10.6 Å². The minimum Gasteiger partial charge on any atom is -0.326 e. The van der Waals surface area contributed by atoms with Gasteiger partial charge in [0.15, 0.2) is 0 Å². The van der Waals surface area contributed by atoms with E-state index in [9.17, 15) is 18.0 Å². The zero-order valence-electron chi connectivity index (χ0n) is 14.7. The molecule has 2 aromatic rings. The molecular weight excluding hydrogens is 354 g/mol. The second-order valence-electron chi connectivity index (χ2n) is 6.65. The normalized spacial score (nSPS) is 11.5. The number of carbonyl (C=O) groups is 2. The molecule has 2 rings (SSSR count). The summed E-state index contributed by atoms with van der Waals surface area (Å²) in [6.07, 6.45) is 0. The number of hydrogen-bond acceptors (Lipinski definition) is 4. The molecule has 0 heterocycles. The summed E-state index contributed by atoms with van der Waals surface area (Å²) in [5.41, 5.74) is 0.440. The van der Waals surface area contributed by atoms with Crippen molar-refractivity contribution in [3.05, 3.63) is 54.6 Å². The number of anilines is 2. The summed E-state index contributed by atoms with van der Waals surface area (Å²) < 4.78 is 26.1. The van der Waals surface area contributed by atoms with E-state index in [0.717, 1.165) is 0 Å². The first kappa shape index (κ1) is 19.5. The van der Waals surface area contributed by atoms with Crippen molar-refractivity contribution in [1.29, 1.82) is 0 Å². The fraction of sp³-hybridized carbons (Fsp3) is 0.222. The van der Waals surface area contributed by atoms with Gasteiger partial charge in [-0.25, -0.2) is 17.9 Å². The summed E-state index contributed by atoms with van der Waals surface area (Å²) in [6.45, 7) is 5.40. The van der Waals surface area contributed by atoms with E-state index < -0.39 is 21.5 Å². The van der Waals surface area contributed by atoms with Crippen LogP contribution in [0.2, 0.25) is 0 Å². The van der Waals surface area contributed by atoms with Crippen LogP contribution in [-0.4, -0.2) is 20.4 Å². The summed E-state index contributed by atoms with van der Waals surface area (Å²) in [5.74, 6) is -0.134. The van der Waals surface area contributed by atoms with Crippen LogP contribution < -0.4 is 15.4 Å². The fourth-order valence-electron chi connectivity index (χ4n) is 1.89. The highest BCUT2D eigenvalue weighted by atomic mass is 32.2. The Balaban J connectivity index is 1.99. The summed E-state index contributed by atoms with van der Waals surface area (Å²) in [5, 5.41) is 5.20. The topological polar surface area (TPSA) is 104 Å². The van der Waals surface area contributed by atoms with Crippen molar-refractivity contribution >= 4 is 33.3 Å². The zero-order chi connectivity index (χ0) is 19.4. The van der Waals surface area contributed by atoms with Gasteiger partial charge in [0.25, 0.3) is 10.0 Å². The van der Waals surface area contributed by atoms with Crippen LogP contribution in [0.3, 0.4) is 0 Å². The van der Waals surface area contributed by atoms with Gasteiger partial charge in [-0.15, -0.1) is 0 Å². The van der Waals surface area contributed by atoms with Gasteiger partial charge in [-0.3, -0.25) is 4.79 Å². The van der Waals surface area contributed by atoms with Crippen LogP contribution >= 0.6 is 0 Å². The van der Waals surface area contributed by atoms with Crippen LogP contribution in [0.15, 0.2) is 59.5 Å². The molecule has 3 N–H and O–H groups in total. The van der Waals surface area contributed by atoms with Crippen molar-refractivity contribution in [2.24, 2.45) is 5.41 Å². The lowest BCUT2D eigenvalue weighted by atomic mass is 9.95. The first-order valence-electron chi connectivity index (χ1n) is 7.88. The first-order valence-corrected chi connectivity index (χ1v) is 9.37. The van der Waals surface area contributed by atoms with E-state index in [1.54, 1.807) is 63.2 Å². The van der Waals surface area contributed by atoms with E-state index in [1.807, 2.05) is 4.72 Å². The van der Waals surface area contributed by atoms with Gasteiger partial charge in [0.2, 0.25) is 5.91 Å². The van der Waals surface area contributed by atoms with Gasteiger partial charge in [0.05, 0.1) is 4.90 Å².